The average molecular weight is 271 g/mol. The number of nitrogens with one attached hydrogen (secondary N) is 2. The van der Waals surface area contributed by atoms with Crippen LogP contribution in [0.15, 0.2) is 0 Å². The van der Waals surface area contributed by atoms with E-state index in [9.17, 15) is 4.79 Å². The van der Waals surface area contributed by atoms with Crippen molar-refractivity contribution in [2.75, 3.05) is 39.8 Å². The lowest BCUT2D eigenvalue weighted by Gasteiger charge is -2.36. The van der Waals surface area contributed by atoms with E-state index in [0.717, 1.165) is 32.6 Å². The van der Waals surface area contributed by atoms with Crippen LogP contribution in [0.2, 0.25) is 0 Å². The van der Waals surface area contributed by atoms with Gasteiger partial charge in [-0.2, -0.15) is 0 Å². The molecule has 0 bridgehead atoms. The fourth-order valence-corrected chi connectivity index (χ4v) is 2.24. The fourth-order valence-electron chi connectivity index (χ4n) is 2.24. The van der Waals surface area contributed by atoms with E-state index in [0.29, 0.717) is 12.5 Å². The second-order valence-electron chi connectivity index (χ2n) is 5.69. The Morgan fingerprint density at radius 3 is 2.79 bits per heavy atom. The van der Waals surface area contributed by atoms with Crippen LogP contribution in [0.1, 0.15) is 27.2 Å². The molecule has 1 heterocycles. The predicted molar refractivity (Wildman–Crippen MR) is 77.2 cm³/mol. The number of morpholine rings is 1. The summed E-state index contributed by atoms with van der Waals surface area (Å²) in [5.41, 5.74) is 0. The maximum absolute atomic E-state index is 12.1. The van der Waals surface area contributed by atoms with Gasteiger partial charge < -0.3 is 15.4 Å². The van der Waals surface area contributed by atoms with Gasteiger partial charge in [0.15, 0.2) is 0 Å². The highest BCUT2D eigenvalue weighted by molar-refractivity contribution is 5.81. The lowest BCUT2D eigenvalue weighted by molar-refractivity contribution is -0.129. The summed E-state index contributed by atoms with van der Waals surface area (Å²) in [6.07, 6.45) is 1.22. The van der Waals surface area contributed by atoms with Crippen molar-refractivity contribution in [1.29, 1.82) is 0 Å². The predicted octanol–water partition coefficient (Wildman–Crippen LogP) is 0.457. The van der Waals surface area contributed by atoms with Crippen LogP contribution >= 0.6 is 0 Å². The molecule has 0 aliphatic carbocycles. The third kappa shape index (κ3) is 5.89. The molecule has 1 aliphatic rings. The summed E-state index contributed by atoms with van der Waals surface area (Å²) < 4.78 is 5.66. The van der Waals surface area contributed by atoms with Gasteiger partial charge in [-0.1, -0.05) is 13.8 Å². The number of carbonyl (C=O) groups excluding carboxylic acids is 1. The Hall–Kier alpha value is -0.650. The number of hydrogen-bond acceptors (Lipinski definition) is 4. The van der Waals surface area contributed by atoms with Gasteiger partial charge in [-0.05, 0) is 26.3 Å². The van der Waals surface area contributed by atoms with Crippen LogP contribution in [0.4, 0.5) is 0 Å². The standard InChI is InChI=1S/C14H29N3O2/c1-11(2)5-6-16-14(18)12(3)17-7-8-19-13(10-17)9-15-4/h11-13,15H,5-10H2,1-4H3,(H,16,18). The van der Waals surface area contributed by atoms with Crippen molar-refractivity contribution < 1.29 is 9.53 Å². The van der Waals surface area contributed by atoms with Crippen molar-refractivity contribution >= 4 is 5.91 Å². The van der Waals surface area contributed by atoms with E-state index in [1.807, 2.05) is 14.0 Å². The summed E-state index contributed by atoms with van der Waals surface area (Å²) >= 11 is 0. The lowest BCUT2D eigenvalue weighted by Crippen LogP contribution is -2.54. The third-order valence-electron chi connectivity index (χ3n) is 3.55. The molecule has 0 radical (unpaired) electrons. The smallest absolute Gasteiger partial charge is 0.237 e. The SMILES string of the molecule is CNCC1CN(C(C)C(=O)NCCC(C)C)CCO1. The highest BCUT2D eigenvalue weighted by Gasteiger charge is 2.27. The van der Waals surface area contributed by atoms with E-state index in [1.165, 1.54) is 0 Å². The van der Waals surface area contributed by atoms with E-state index in [4.69, 9.17) is 4.74 Å². The minimum absolute atomic E-state index is 0.0737. The largest absolute Gasteiger partial charge is 0.374 e. The molecule has 2 N–H and O–H groups in total. The summed E-state index contributed by atoms with van der Waals surface area (Å²) in [6.45, 7) is 10.3. The molecule has 19 heavy (non-hydrogen) atoms. The van der Waals surface area contributed by atoms with E-state index < -0.39 is 0 Å². The molecule has 0 saturated carbocycles. The van der Waals surface area contributed by atoms with Gasteiger partial charge in [-0.25, -0.2) is 0 Å². The van der Waals surface area contributed by atoms with E-state index in [2.05, 4.69) is 29.4 Å². The monoisotopic (exact) mass is 271 g/mol. The van der Waals surface area contributed by atoms with Gasteiger partial charge in [0.2, 0.25) is 5.91 Å². The first-order valence-electron chi connectivity index (χ1n) is 7.32. The molecule has 1 saturated heterocycles. The van der Waals surface area contributed by atoms with Crippen molar-refractivity contribution in [1.82, 2.24) is 15.5 Å². The highest BCUT2D eigenvalue weighted by atomic mass is 16.5. The van der Waals surface area contributed by atoms with Crippen molar-refractivity contribution in [2.24, 2.45) is 5.92 Å². The molecule has 1 aliphatic heterocycles. The van der Waals surface area contributed by atoms with Gasteiger partial charge in [0.25, 0.3) is 0 Å². The Labute approximate surface area is 117 Å². The summed E-state index contributed by atoms with van der Waals surface area (Å²) in [7, 11) is 1.92. The summed E-state index contributed by atoms with van der Waals surface area (Å²) in [5.74, 6) is 0.754. The quantitative estimate of drug-likeness (QED) is 0.706. The molecule has 5 nitrogen and oxygen atoms in total. The molecule has 0 spiro atoms. The topological polar surface area (TPSA) is 53.6 Å². The molecule has 112 valence electrons. The second-order valence-corrected chi connectivity index (χ2v) is 5.69. The average Bonchev–Trinajstić information content (AvgIpc) is 2.38. The number of hydrogen-bond donors (Lipinski definition) is 2. The summed E-state index contributed by atoms with van der Waals surface area (Å²) in [4.78, 5) is 14.3. The molecule has 0 aromatic carbocycles. The molecule has 1 rings (SSSR count). The first-order chi connectivity index (χ1) is 9.04. The maximum atomic E-state index is 12.1. The van der Waals surface area contributed by atoms with E-state index in [-0.39, 0.29) is 18.1 Å². The third-order valence-corrected chi connectivity index (χ3v) is 3.55. The van der Waals surface area contributed by atoms with E-state index in [1.54, 1.807) is 0 Å². The van der Waals surface area contributed by atoms with Crippen molar-refractivity contribution in [3.05, 3.63) is 0 Å². The van der Waals surface area contributed by atoms with Crippen LogP contribution in [-0.2, 0) is 9.53 Å². The molecular formula is C14H29N3O2. The molecule has 0 aromatic heterocycles. The highest BCUT2D eigenvalue weighted by Crippen LogP contribution is 2.09. The Morgan fingerprint density at radius 2 is 2.16 bits per heavy atom. The maximum Gasteiger partial charge on any atom is 0.237 e. The van der Waals surface area contributed by atoms with Crippen molar-refractivity contribution in [2.45, 2.75) is 39.3 Å². The second kappa shape index (κ2) is 8.51. The van der Waals surface area contributed by atoms with Gasteiger partial charge >= 0.3 is 0 Å². The number of carbonyl (C=O) groups is 1. The van der Waals surface area contributed by atoms with Gasteiger partial charge in [0, 0.05) is 26.2 Å². The van der Waals surface area contributed by atoms with Crippen LogP contribution in [0, 0.1) is 5.92 Å². The Kier molecular flexibility index (Phi) is 7.34. The number of amides is 1. The summed E-state index contributed by atoms with van der Waals surface area (Å²) in [5, 5.41) is 6.14. The summed E-state index contributed by atoms with van der Waals surface area (Å²) in [6, 6.07) is -0.0737. The Bertz CT molecular complexity index is 269. The van der Waals surface area contributed by atoms with Gasteiger partial charge in [-0.3, -0.25) is 9.69 Å². The van der Waals surface area contributed by atoms with Gasteiger partial charge in [-0.15, -0.1) is 0 Å². The lowest BCUT2D eigenvalue weighted by atomic mass is 10.1. The van der Waals surface area contributed by atoms with Crippen LogP contribution in [0.25, 0.3) is 0 Å². The van der Waals surface area contributed by atoms with Crippen molar-refractivity contribution in [3.63, 3.8) is 0 Å². The molecule has 5 heteroatoms. The zero-order valence-electron chi connectivity index (χ0n) is 12.7. The molecule has 2 atom stereocenters. The molecule has 0 aromatic rings. The normalized spacial score (nSPS) is 22.5. The minimum Gasteiger partial charge on any atom is -0.374 e. The fraction of sp³-hybridized carbons (Fsp3) is 0.929. The Balaban J connectivity index is 2.34. The van der Waals surface area contributed by atoms with E-state index >= 15 is 0 Å². The minimum atomic E-state index is -0.0737. The van der Waals surface area contributed by atoms with Crippen LogP contribution < -0.4 is 10.6 Å². The van der Waals surface area contributed by atoms with Crippen LogP contribution in [-0.4, -0.2) is 62.8 Å². The van der Waals surface area contributed by atoms with Crippen LogP contribution in [0.3, 0.4) is 0 Å². The first kappa shape index (κ1) is 16.4. The number of likely N-dealkylation sites (N-methyl/N-ethyl adjacent to an activating group) is 1. The zero-order chi connectivity index (χ0) is 14.3. The van der Waals surface area contributed by atoms with Crippen LogP contribution in [0.5, 0.6) is 0 Å². The number of ether oxygens (including phenoxy) is 1. The molecule has 1 fully saturated rings. The molecule has 2 unspecified atom stereocenters. The first-order valence-corrected chi connectivity index (χ1v) is 7.32. The molecule has 1 amide bonds. The number of nitrogens with zero attached hydrogens (tertiary/aromatic N) is 1. The number of rotatable bonds is 7. The zero-order valence-corrected chi connectivity index (χ0v) is 12.7. The molecular weight excluding hydrogens is 242 g/mol. The van der Waals surface area contributed by atoms with Gasteiger partial charge in [0.1, 0.15) is 0 Å². The van der Waals surface area contributed by atoms with Gasteiger partial charge in [0.05, 0.1) is 18.8 Å². The Morgan fingerprint density at radius 1 is 1.42 bits per heavy atom. The van der Waals surface area contributed by atoms with Crippen molar-refractivity contribution in [3.8, 4) is 0 Å².